The molecule has 0 atom stereocenters. The van der Waals surface area contributed by atoms with E-state index in [1.165, 1.54) is 0 Å². The molecule has 110 valence electrons. The fourth-order valence-corrected chi connectivity index (χ4v) is 2.37. The number of hydrogen-bond donors (Lipinski definition) is 0. The Labute approximate surface area is 127 Å². The Balaban J connectivity index is 2.27. The van der Waals surface area contributed by atoms with Gasteiger partial charge in [0.1, 0.15) is 0 Å². The van der Waals surface area contributed by atoms with Crippen LogP contribution in [0.15, 0.2) is 12.3 Å². The molecule has 0 aliphatic carbocycles. The molecule has 1 saturated heterocycles. The van der Waals surface area contributed by atoms with Crippen molar-refractivity contribution >= 4 is 24.3 Å². The van der Waals surface area contributed by atoms with Crippen LogP contribution in [0.2, 0.25) is 5.02 Å². The zero-order valence-electron chi connectivity index (χ0n) is 13.2. The van der Waals surface area contributed by atoms with Crippen LogP contribution in [0.25, 0.3) is 0 Å². The number of rotatable bonds is 3. The number of aromatic nitrogens is 1. The molecule has 0 bridgehead atoms. The van der Waals surface area contributed by atoms with Crippen molar-refractivity contribution in [1.82, 2.24) is 4.98 Å². The van der Waals surface area contributed by atoms with Crippen LogP contribution < -0.4 is 5.59 Å². The van der Waals surface area contributed by atoms with Gasteiger partial charge in [0.25, 0.3) is 0 Å². The maximum absolute atomic E-state index is 6.21. The zero-order valence-corrected chi connectivity index (χ0v) is 13.9. The van der Waals surface area contributed by atoms with Crippen molar-refractivity contribution in [3.63, 3.8) is 0 Å². The molecule has 20 heavy (non-hydrogen) atoms. The Hall–Kier alpha value is -0.575. The van der Waals surface area contributed by atoms with E-state index in [1.807, 2.05) is 33.8 Å². The van der Waals surface area contributed by atoms with E-state index in [-0.39, 0.29) is 11.2 Å². The van der Waals surface area contributed by atoms with Crippen LogP contribution in [0.1, 0.15) is 47.1 Å². The van der Waals surface area contributed by atoms with Gasteiger partial charge in [-0.1, -0.05) is 25.4 Å². The van der Waals surface area contributed by atoms with E-state index >= 15 is 0 Å². The third-order valence-electron chi connectivity index (χ3n) is 4.08. The summed E-state index contributed by atoms with van der Waals surface area (Å²) >= 11 is 6.21. The molecule has 3 nitrogen and oxygen atoms in total. The molecule has 0 aromatic carbocycles. The summed E-state index contributed by atoms with van der Waals surface area (Å²) in [5.74, 6) is 0.543. The second-order valence-electron chi connectivity index (χ2n) is 6.89. The van der Waals surface area contributed by atoms with Crippen LogP contribution >= 0.6 is 11.6 Å². The van der Waals surface area contributed by atoms with Gasteiger partial charge < -0.3 is 9.31 Å². The summed E-state index contributed by atoms with van der Waals surface area (Å²) in [4.78, 5) is 4.38. The van der Waals surface area contributed by atoms with E-state index in [1.54, 1.807) is 6.20 Å². The first-order valence-electron chi connectivity index (χ1n) is 7.12. The molecular formula is C15H23BClNO2. The standard InChI is InChI=1S/C15H23BClNO2/c1-10(2)7-11-8-13(18-9-12(11)17)16-19-14(3,4)15(5,6)20-16/h8-10H,7H2,1-6H3. The normalized spacial score (nSPS) is 20.7. The Bertz CT molecular complexity index is 487. The molecule has 1 fully saturated rings. The monoisotopic (exact) mass is 295 g/mol. The van der Waals surface area contributed by atoms with Gasteiger partial charge in [-0.2, -0.15) is 0 Å². The first-order chi connectivity index (χ1) is 9.12. The van der Waals surface area contributed by atoms with Crippen LogP contribution in [0.4, 0.5) is 0 Å². The predicted molar refractivity (Wildman–Crippen MR) is 83.5 cm³/mol. The molecule has 0 N–H and O–H groups in total. The number of pyridine rings is 1. The van der Waals surface area contributed by atoms with Crippen molar-refractivity contribution < 1.29 is 9.31 Å². The van der Waals surface area contributed by atoms with Crippen molar-refractivity contribution in [2.45, 2.75) is 59.2 Å². The molecule has 1 aromatic rings. The molecular weight excluding hydrogens is 272 g/mol. The van der Waals surface area contributed by atoms with Crippen molar-refractivity contribution in [2.24, 2.45) is 5.92 Å². The second kappa shape index (κ2) is 5.32. The van der Waals surface area contributed by atoms with Crippen LogP contribution in [-0.4, -0.2) is 23.3 Å². The minimum atomic E-state index is -0.428. The SMILES string of the molecule is CC(C)Cc1cc(B2OC(C)(C)C(C)(C)O2)ncc1Cl. The van der Waals surface area contributed by atoms with Gasteiger partial charge in [0, 0.05) is 6.20 Å². The molecule has 0 radical (unpaired) electrons. The van der Waals surface area contributed by atoms with Gasteiger partial charge in [-0.05, 0) is 51.7 Å². The highest BCUT2D eigenvalue weighted by Gasteiger charge is 2.52. The minimum Gasteiger partial charge on any atom is -0.398 e. The molecule has 1 aliphatic heterocycles. The van der Waals surface area contributed by atoms with E-state index in [0.29, 0.717) is 10.9 Å². The van der Waals surface area contributed by atoms with Gasteiger partial charge in [0.2, 0.25) is 0 Å². The summed E-state index contributed by atoms with van der Waals surface area (Å²) in [6.45, 7) is 12.5. The fraction of sp³-hybridized carbons (Fsp3) is 0.667. The Kier molecular flexibility index (Phi) is 4.21. The van der Waals surface area contributed by atoms with Crippen molar-refractivity contribution in [3.05, 3.63) is 22.8 Å². The summed E-state index contributed by atoms with van der Waals surface area (Å²) in [7, 11) is -0.428. The smallest absolute Gasteiger partial charge is 0.398 e. The molecule has 0 saturated carbocycles. The molecule has 5 heteroatoms. The van der Waals surface area contributed by atoms with E-state index in [4.69, 9.17) is 20.9 Å². The maximum Gasteiger partial charge on any atom is 0.514 e. The Morgan fingerprint density at radius 3 is 2.25 bits per heavy atom. The largest absolute Gasteiger partial charge is 0.514 e. The summed E-state index contributed by atoms with van der Waals surface area (Å²) in [6.07, 6.45) is 2.62. The summed E-state index contributed by atoms with van der Waals surface area (Å²) in [5, 5.41) is 0.707. The lowest BCUT2D eigenvalue weighted by Gasteiger charge is -2.32. The van der Waals surface area contributed by atoms with Gasteiger partial charge in [0.15, 0.2) is 0 Å². The first kappa shape index (κ1) is 15.8. The number of nitrogens with zero attached hydrogens (tertiary/aromatic N) is 1. The zero-order chi connectivity index (χ0) is 15.1. The topological polar surface area (TPSA) is 31.4 Å². The first-order valence-corrected chi connectivity index (χ1v) is 7.50. The summed E-state index contributed by atoms with van der Waals surface area (Å²) < 4.78 is 12.0. The average Bonchev–Trinajstić information content (AvgIpc) is 2.50. The van der Waals surface area contributed by atoms with Gasteiger partial charge in [0.05, 0.1) is 21.8 Å². The van der Waals surface area contributed by atoms with Crippen LogP contribution in [0, 0.1) is 5.92 Å². The molecule has 0 amide bonds. The molecule has 1 aromatic heterocycles. The molecule has 1 aliphatic rings. The predicted octanol–water partition coefficient (Wildman–Crippen LogP) is 3.23. The minimum absolute atomic E-state index is 0.350. The third kappa shape index (κ3) is 3.02. The molecule has 2 heterocycles. The van der Waals surface area contributed by atoms with Crippen molar-refractivity contribution in [3.8, 4) is 0 Å². The second-order valence-corrected chi connectivity index (χ2v) is 7.29. The van der Waals surface area contributed by atoms with E-state index in [0.717, 1.165) is 17.6 Å². The van der Waals surface area contributed by atoms with Gasteiger partial charge in [-0.25, -0.2) is 0 Å². The van der Waals surface area contributed by atoms with Crippen LogP contribution in [0.3, 0.4) is 0 Å². The summed E-state index contributed by atoms with van der Waals surface area (Å²) in [6, 6.07) is 2.00. The van der Waals surface area contributed by atoms with Crippen molar-refractivity contribution in [1.29, 1.82) is 0 Å². The Morgan fingerprint density at radius 2 is 1.75 bits per heavy atom. The fourth-order valence-electron chi connectivity index (χ4n) is 2.19. The highest BCUT2D eigenvalue weighted by molar-refractivity contribution is 6.61. The Morgan fingerprint density at radius 1 is 1.20 bits per heavy atom. The van der Waals surface area contributed by atoms with Crippen LogP contribution in [0.5, 0.6) is 0 Å². The van der Waals surface area contributed by atoms with Gasteiger partial charge in [-0.3, -0.25) is 4.98 Å². The van der Waals surface area contributed by atoms with Gasteiger partial charge in [-0.15, -0.1) is 0 Å². The molecule has 2 rings (SSSR count). The van der Waals surface area contributed by atoms with E-state index < -0.39 is 7.12 Å². The average molecular weight is 296 g/mol. The highest BCUT2D eigenvalue weighted by Crippen LogP contribution is 2.36. The van der Waals surface area contributed by atoms with Crippen LogP contribution in [-0.2, 0) is 15.7 Å². The van der Waals surface area contributed by atoms with Crippen molar-refractivity contribution in [2.75, 3.05) is 0 Å². The molecule has 0 unspecified atom stereocenters. The van der Waals surface area contributed by atoms with E-state index in [9.17, 15) is 0 Å². The lowest BCUT2D eigenvalue weighted by atomic mass is 9.83. The maximum atomic E-state index is 6.21. The lowest BCUT2D eigenvalue weighted by Crippen LogP contribution is -2.41. The lowest BCUT2D eigenvalue weighted by molar-refractivity contribution is 0.00578. The molecule has 0 spiro atoms. The van der Waals surface area contributed by atoms with Gasteiger partial charge >= 0.3 is 7.12 Å². The highest BCUT2D eigenvalue weighted by atomic mass is 35.5. The van der Waals surface area contributed by atoms with E-state index in [2.05, 4.69) is 18.8 Å². The quantitative estimate of drug-likeness (QED) is 0.802. The number of halogens is 1. The third-order valence-corrected chi connectivity index (χ3v) is 4.42. The number of hydrogen-bond acceptors (Lipinski definition) is 3. The summed E-state index contributed by atoms with van der Waals surface area (Å²) in [5.41, 5.74) is 1.19.